The molecule has 38 heavy (non-hydrogen) atoms. The van der Waals surface area contributed by atoms with Gasteiger partial charge in [0.2, 0.25) is 0 Å². The highest BCUT2D eigenvalue weighted by Crippen LogP contribution is 2.25. The molecule has 4 N–H and O–H groups in total. The van der Waals surface area contributed by atoms with Gasteiger partial charge in [0.25, 0.3) is 5.91 Å². The molecule has 4 amide bonds. The first-order valence-corrected chi connectivity index (χ1v) is 13.4. The number of amides is 4. The van der Waals surface area contributed by atoms with E-state index in [1.807, 2.05) is 38.7 Å². The number of anilines is 3. The predicted molar refractivity (Wildman–Crippen MR) is 144 cm³/mol. The van der Waals surface area contributed by atoms with Crippen molar-refractivity contribution in [1.82, 2.24) is 29.5 Å². The van der Waals surface area contributed by atoms with Gasteiger partial charge in [0.05, 0.1) is 11.9 Å². The average Bonchev–Trinajstić information content (AvgIpc) is 3.27. The maximum absolute atomic E-state index is 13.0. The van der Waals surface area contributed by atoms with Crippen LogP contribution in [0.4, 0.5) is 26.2 Å². The lowest BCUT2D eigenvalue weighted by Crippen LogP contribution is -2.57. The Morgan fingerprint density at radius 3 is 2.47 bits per heavy atom. The minimum absolute atomic E-state index is 0.0483. The van der Waals surface area contributed by atoms with Crippen LogP contribution in [0, 0.1) is 6.92 Å². The first kappa shape index (κ1) is 27.4. The van der Waals surface area contributed by atoms with Gasteiger partial charge < -0.3 is 35.8 Å². The molecular weight excluding hydrogens is 510 g/mol. The molecule has 2 aliphatic heterocycles. The monoisotopic (exact) mass is 545 g/mol. The molecule has 0 bridgehead atoms. The van der Waals surface area contributed by atoms with E-state index in [1.54, 1.807) is 9.80 Å². The zero-order valence-electron chi connectivity index (χ0n) is 22.2. The van der Waals surface area contributed by atoms with Gasteiger partial charge in [0.15, 0.2) is 11.5 Å². The second kappa shape index (κ2) is 11.4. The molecule has 4 heterocycles. The average molecular weight is 546 g/mol. The van der Waals surface area contributed by atoms with Crippen molar-refractivity contribution in [1.29, 1.82) is 0 Å². The first-order chi connectivity index (χ1) is 18.0. The number of nitrogens with zero attached hydrogens (tertiary/aromatic N) is 6. The number of piperidine rings is 1. The number of urea groups is 1. The van der Waals surface area contributed by atoms with E-state index in [-0.39, 0.29) is 29.7 Å². The highest BCUT2D eigenvalue weighted by Gasteiger charge is 2.30. The summed E-state index contributed by atoms with van der Waals surface area (Å²) >= 11 is 1.26. The van der Waals surface area contributed by atoms with E-state index in [4.69, 9.17) is 10.5 Å². The van der Waals surface area contributed by atoms with Crippen LogP contribution in [0.25, 0.3) is 0 Å². The summed E-state index contributed by atoms with van der Waals surface area (Å²) in [6, 6.07) is 1.61. The number of nitrogens with two attached hydrogens (primary N) is 1. The maximum Gasteiger partial charge on any atom is 0.410 e. The molecule has 2 aromatic rings. The number of hydrogen-bond acceptors (Lipinski definition) is 10. The standard InChI is InChI=1S/C24H35N9O4S/c1-15-12-18(38-30-15)29-21-19(20(25)34)26-13-17(28-21)33-7-5-6-16(14-33)27-22(35)31-8-10-32(11-9-31)23(36)37-24(2,3)4/h12-13,16H,5-11,14H2,1-4H3,(H2,25,34)(H,27,35)(H,28,29). The SMILES string of the molecule is Cc1cc(Nc2nc(N3CCCC(NC(=O)N4CCN(C(=O)OC(C)(C)C)CC4)C3)cnc2C(N)=O)sn1. The Labute approximate surface area is 225 Å². The Morgan fingerprint density at radius 1 is 1.13 bits per heavy atom. The lowest BCUT2D eigenvalue weighted by atomic mass is 10.1. The molecule has 13 nitrogen and oxygen atoms in total. The Bertz CT molecular complexity index is 1170. The Kier molecular flexibility index (Phi) is 8.19. The highest BCUT2D eigenvalue weighted by molar-refractivity contribution is 7.10. The number of carbonyl (C=O) groups is 3. The molecule has 2 fully saturated rings. The van der Waals surface area contributed by atoms with Crippen LogP contribution in [0.2, 0.25) is 0 Å². The number of rotatable bonds is 5. The number of carbonyl (C=O) groups excluding carboxylic acids is 3. The van der Waals surface area contributed by atoms with Crippen molar-refractivity contribution in [2.75, 3.05) is 49.5 Å². The molecule has 2 aromatic heterocycles. The van der Waals surface area contributed by atoms with Crippen molar-refractivity contribution in [3.63, 3.8) is 0 Å². The maximum atomic E-state index is 13.0. The van der Waals surface area contributed by atoms with Gasteiger partial charge in [-0.05, 0) is 58.1 Å². The number of nitrogens with one attached hydrogen (secondary N) is 2. The fraction of sp³-hybridized carbons (Fsp3) is 0.583. The molecule has 2 saturated heterocycles. The third kappa shape index (κ3) is 7.00. The van der Waals surface area contributed by atoms with E-state index in [0.717, 1.165) is 30.1 Å². The summed E-state index contributed by atoms with van der Waals surface area (Å²) in [5.74, 6) is 0.180. The Balaban J connectivity index is 1.35. The van der Waals surface area contributed by atoms with Gasteiger partial charge in [-0.25, -0.2) is 19.6 Å². The molecule has 206 valence electrons. The van der Waals surface area contributed by atoms with Crippen molar-refractivity contribution in [2.45, 2.75) is 52.2 Å². The summed E-state index contributed by atoms with van der Waals surface area (Å²) < 4.78 is 9.67. The number of primary amides is 1. The molecule has 0 spiro atoms. The fourth-order valence-corrected chi connectivity index (χ4v) is 4.99. The summed E-state index contributed by atoms with van der Waals surface area (Å²) in [7, 11) is 0. The lowest BCUT2D eigenvalue weighted by Gasteiger charge is -2.38. The van der Waals surface area contributed by atoms with Gasteiger partial charge in [-0.1, -0.05) is 0 Å². The summed E-state index contributed by atoms with van der Waals surface area (Å²) in [5, 5.41) is 6.96. The zero-order chi connectivity index (χ0) is 27.4. The molecule has 1 atom stereocenters. The first-order valence-electron chi connectivity index (χ1n) is 12.6. The van der Waals surface area contributed by atoms with Crippen molar-refractivity contribution in [3.8, 4) is 0 Å². The van der Waals surface area contributed by atoms with Crippen molar-refractivity contribution in [3.05, 3.63) is 23.7 Å². The van der Waals surface area contributed by atoms with Crippen LogP contribution in [-0.2, 0) is 4.74 Å². The van der Waals surface area contributed by atoms with Gasteiger partial charge in [0, 0.05) is 45.3 Å². The topological polar surface area (TPSA) is 159 Å². The van der Waals surface area contributed by atoms with Crippen molar-refractivity contribution < 1.29 is 19.1 Å². The Morgan fingerprint density at radius 2 is 1.84 bits per heavy atom. The molecule has 0 radical (unpaired) electrons. The van der Waals surface area contributed by atoms with Gasteiger partial charge in [-0.15, -0.1) is 0 Å². The smallest absolute Gasteiger partial charge is 0.410 e. The van der Waals surface area contributed by atoms with Crippen LogP contribution in [0.5, 0.6) is 0 Å². The van der Waals surface area contributed by atoms with E-state index < -0.39 is 11.5 Å². The van der Waals surface area contributed by atoms with Crippen molar-refractivity contribution >= 4 is 46.2 Å². The summed E-state index contributed by atoms with van der Waals surface area (Å²) in [6.45, 7) is 10.4. The summed E-state index contributed by atoms with van der Waals surface area (Å²) in [6.07, 6.45) is 2.86. The molecule has 4 rings (SSSR count). The molecule has 0 aliphatic carbocycles. The van der Waals surface area contributed by atoms with Gasteiger partial charge >= 0.3 is 12.1 Å². The number of aryl methyl sites for hydroxylation is 1. The fourth-order valence-electron chi connectivity index (χ4n) is 4.33. The minimum atomic E-state index is -0.677. The Hall–Kier alpha value is -3.68. The van der Waals surface area contributed by atoms with Crippen LogP contribution < -0.4 is 21.3 Å². The molecule has 1 unspecified atom stereocenters. The molecule has 0 aromatic carbocycles. The second-order valence-electron chi connectivity index (χ2n) is 10.4. The van der Waals surface area contributed by atoms with Crippen molar-refractivity contribution in [2.24, 2.45) is 5.73 Å². The predicted octanol–water partition coefficient (Wildman–Crippen LogP) is 2.32. The van der Waals surface area contributed by atoms with Crippen LogP contribution >= 0.6 is 11.5 Å². The van der Waals surface area contributed by atoms with Crippen LogP contribution in [0.15, 0.2) is 12.3 Å². The molecule has 14 heteroatoms. The third-order valence-electron chi connectivity index (χ3n) is 6.15. The van der Waals surface area contributed by atoms with Gasteiger partial charge in [-0.2, -0.15) is 4.37 Å². The van der Waals surface area contributed by atoms with Crippen LogP contribution in [0.3, 0.4) is 0 Å². The quantitative estimate of drug-likeness (QED) is 0.512. The van der Waals surface area contributed by atoms with Gasteiger partial charge in [0.1, 0.15) is 16.4 Å². The number of ether oxygens (including phenoxy) is 1. The van der Waals surface area contributed by atoms with Crippen LogP contribution in [-0.4, -0.2) is 93.1 Å². The van der Waals surface area contributed by atoms with E-state index in [9.17, 15) is 14.4 Å². The summed E-state index contributed by atoms with van der Waals surface area (Å²) in [5.41, 5.74) is 5.86. The third-order valence-corrected chi connectivity index (χ3v) is 6.95. The van der Waals surface area contributed by atoms with Crippen LogP contribution in [0.1, 0.15) is 49.8 Å². The second-order valence-corrected chi connectivity index (χ2v) is 11.2. The number of piperazine rings is 1. The van der Waals surface area contributed by atoms with E-state index >= 15 is 0 Å². The molecule has 2 aliphatic rings. The lowest BCUT2D eigenvalue weighted by molar-refractivity contribution is 0.0169. The van der Waals surface area contributed by atoms with E-state index in [0.29, 0.717) is 38.5 Å². The van der Waals surface area contributed by atoms with E-state index in [1.165, 1.54) is 17.7 Å². The van der Waals surface area contributed by atoms with E-state index in [2.05, 4.69) is 25.0 Å². The number of hydrogen-bond donors (Lipinski definition) is 3. The minimum Gasteiger partial charge on any atom is -0.444 e. The highest BCUT2D eigenvalue weighted by atomic mass is 32.1. The van der Waals surface area contributed by atoms with Gasteiger partial charge in [-0.3, -0.25) is 4.79 Å². The summed E-state index contributed by atoms with van der Waals surface area (Å²) in [4.78, 5) is 51.5. The normalized spacial score (nSPS) is 18.2. The molecular formula is C24H35N9O4S. The largest absolute Gasteiger partial charge is 0.444 e. The molecule has 0 saturated carbocycles. The number of aromatic nitrogens is 3. The zero-order valence-corrected chi connectivity index (χ0v) is 23.0.